The Bertz CT molecular complexity index is 550. The number of benzene rings is 1. The van der Waals surface area contributed by atoms with Crippen LogP contribution in [0.25, 0.3) is 0 Å². The van der Waals surface area contributed by atoms with Crippen LogP contribution in [0.3, 0.4) is 0 Å². The Morgan fingerprint density at radius 2 is 1.72 bits per heavy atom. The van der Waals surface area contributed by atoms with E-state index in [9.17, 15) is 13.2 Å². The topological polar surface area (TPSA) is 83.5 Å². The first-order valence-corrected chi connectivity index (χ1v) is 7.37. The van der Waals surface area contributed by atoms with Gasteiger partial charge in [0.1, 0.15) is 0 Å². The monoisotopic (exact) mass is 331 g/mol. The van der Waals surface area contributed by atoms with Crippen molar-refractivity contribution in [1.29, 1.82) is 0 Å². The van der Waals surface area contributed by atoms with Gasteiger partial charge in [-0.1, -0.05) is 34.8 Å². The maximum atomic E-state index is 11.6. The summed E-state index contributed by atoms with van der Waals surface area (Å²) < 4.78 is 25.3. The largest absolute Gasteiger partial charge is 0.481 e. The molecule has 0 aliphatic heterocycles. The highest BCUT2D eigenvalue weighted by molar-refractivity contribution is 7.92. The Morgan fingerprint density at radius 1 is 1.22 bits per heavy atom. The summed E-state index contributed by atoms with van der Waals surface area (Å²) in [6.45, 7) is 0. The van der Waals surface area contributed by atoms with E-state index >= 15 is 0 Å². The van der Waals surface area contributed by atoms with Crippen LogP contribution in [0.15, 0.2) is 12.1 Å². The molecule has 100 valence electrons. The number of halogens is 3. The molecule has 0 aliphatic carbocycles. The Hall–Kier alpha value is -0.690. The molecule has 5 nitrogen and oxygen atoms in total. The molecule has 0 atom stereocenters. The van der Waals surface area contributed by atoms with Crippen molar-refractivity contribution < 1.29 is 18.3 Å². The van der Waals surface area contributed by atoms with E-state index in [-0.39, 0.29) is 20.8 Å². The lowest BCUT2D eigenvalue weighted by Crippen LogP contribution is -2.19. The minimum atomic E-state index is -3.83. The first-order chi connectivity index (χ1) is 8.21. The number of hydrogen-bond donors (Lipinski definition) is 2. The number of hydrogen-bond acceptors (Lipinski definition) is 3. The lowest BCUT2D eigenvalue weighted by Gasteiger charge is -2.10. The minimum absolute atomic E-state index is 0.0203. The molecule has 0 saturated heterocycles. The molecule has 0 aromatic heterocycles. The van der Waals surface area contributed by atoms with Crippen molar-refractivity contribution in [3.63, 3.8) is 0 Å². The molecule has 0 aliphatic rings. The van der Waals surface area contributed by atoms with E-state index in [1.54, 1.807) is 0 Å². The third-order valence-electron chi connectivity index (χ3n) is 1.85. The van der Waals surface area contributed by atoms with Crippen LogP contribution in [-0.2, 0) is 14.8 Å². The molecule has 0 amide bonds. The maximum absolute atomic E-state index is 11.6. The number of carbonyl (C=O) groups is 1. The zero-order valence-electron chi connectivity index (χ0n) is 8.78. The second-order valence-electron chi connectivity index (χ2n) is 3.31. The summed E-state index contributed by atoms with van der Waals surface area (Å²) in [5.41, 5.74) is -0.0203. The van der Waals surface area contributed by atoms with Gasteiger partial charge in [0, 0.05) is 5.02 Å². The van der Waals surface area contributed by atoms with E-state index in [1.165, 1.54) is 12.1 Å². The molecule has 0 saturated carbocycles. The third-order valence-corrected chi connectivity index (χ3v) is 3.92. The summed E-state index contributed by atoms with van der Waals surface area (Å²) in [4.78, 5) is 10.3. The Labute approximate surface area is 119 Å². The van der Waals surface area contributed by atoms with Gasteiger partial charge in [-0.2, -0.15) is 0 Å². The molecular weight excluding hydrogens is 325 g/mol. The number of rotatable bonds is 5. The van der Waals surface area contributed by atoms with Crippen molar-refractivity contribution in [2.45, 2.75) is 6.42 Å². The van der Waals surface area contributed by atoms with Crippen molar-refractivity contribution in [2.75, 3.05) is 10.5 Å². The molecule has 1 aromatic carbocycles. The first kappa shape index (κ1) is 15.4. The normalized spacial score (nSPS) is 11.3. The fraction of sp³-hybridized carbons (Fsp3) is 0.222. The van der Waals surface area contributed by atoms with Gasteiger partial charge >= 0.3 is 5.97 Å². The van der Waals surface area contributed by atoms with Crippen LogP contribution in [-0.4, -0.2) is 25.2 Å². The van der Waals surface area contributed by atoms with E-state index in [0.29, 0.717) is 0 Å². The zero-order valence-corrected chi connectivity index (χ0v) is 11.9. The van der Waals surface area contributed by atoms with Crippen LogP contribution in [0, 0.1) is 0 Å². The SMILES string of the molecule is O=C(O)CCS(=O)(=O)Nc1c(Cl)cc(Cl)cc1Cl. The second kappa shape index (κ2) is 5.97. The molecule has 9 heteroatoms. The zero-order chi connectivity index (χ0) is 13.9. The standard InChI is InChI=1S/C9H8Cl3NO4S/c10-5-3-6(11)9(7(12)4-5)13-18(16,17)2-1-8(14)15/h3-4,13H,1-2H2,(H,14,15). The summed E-state index contributed by atoms with van der Waals surface area (Å²) in [5, 5.41) is 8.76. The lowest BCUT2D eigenvalue weighted by atomic mass is 10.3. The molecule has 18 heavy (non-hydrogen) atoms. The molecule has 0 unspecified atom stereocenters. The Morgan fingerprint density at radius 3 is 2.17 bits per heavy atom. The van der Waals surface area contributed by atoms with Crippen molar-refractivity contribution in [2.24, 2.45) is 0 Å². The quantitative estimate of drug-likeness (QED) is 0.868. The fourth-order valence-corrected chi connectivity index (χ4v) is 3.17. The summed E-state index contributed by atoms with van der Waals surface area (Å²) in [6.07, 6.45) is -0.516. The van der Waals surface area contributed by atoms with Gasteiger partial charge in [-0.15, -0.1) is 0 Å². The molecular formula is C9H8Cl3NO4S. The van der Waals surface area contributed by atoms with Crippen LogP contribution in [0.1, 0.15) is 6.42 Å². The highest BCUT2D eigenvalue weighted by Gasteiger charge is 2.17. The number of carboxylic acid groups (broad SMARTS) is 1. The highest BCUT2D eigenvalue weighted by Crippen LogP contribution is 2.34. The Kier molecular flexibility index (Phi) is 5.10. The first-order valence-electron chi connectivity index (χ1n) is 4.58. The molecule has 1 aromatic rings. The van der Waals surface area contributed by atoms with Crippen molar-refractivity contribution in [3.05, 3.63) is 27.2 Å². The average molecular weight is 333 g/mol. The van der Waals surface area contributed by atoms with Crippen LogP contribution >= 0.6 is 34.8 Å². The highest BCUT2D eigenvalue weighted by atomic mass is 35.5. The average Bonchev–Trinajstić information content (AvgIpc) is 2.21. The van der Waals surface area contributed by atoms with Crippen LogP contribution in [0.2, 0.25) is 15.1 Å². The predicted octanol–water partition coefficient (Wildman–Crippen LogP) is 2.86. The Balaban J connectivity index is 2.94. The van der Waals surface area contributed by atoms with Gasteiger partial charge in [0.15, 0.2) is 0 Å². The van der Waals surface area contributed by atoms with Gasteiger partial charge in [-0.25, -0.2) is 8.42 Å². The maximum Gasteiger partial charge on any atom is 0.304 e. The summed E-state index contributed by atoms with van der Waals surface area (Å²) in [5.74, 6) is -1.79. The fourth-order valence-electron chi connectivity index (χ4n) is 1.07. The van der Waals surface area contributed by atoms with Crippen molar-refractivity contribution in [1.82, 2.24) is 0 Å². The van der Waals surface area contributed by atoms with Crippen LogP contribution in [0.5, 0.6) is 0 Å². The van der Waals surface area contributed by atoms with Gasteiger partial charge in [-0.3, -0.25) is 9.52 Å². The van der Waals surface area contributed by atoms with Gasteiger partial charge in [0.25, 0.3) is 0 Å². The molecule has 0 fully saturated rings. The number of carboxylic acids is 1. The summed E-state index contributed by atoms with van der Waals surface area (Å²) >= 11 is 17.3. The molecule has 0 bridgehead atoms. The van der Waals surface area contributed by atoms with Crippen LogP contribution < -0.4 is 4.72 Å². The van der Waals surface area contributed by atoms with Gasteiger partial charge in [-0.05, 0) is 12.1 Å². The van der Waals surface area contributed by atoms with E-state index in [4.69, 9.17) is 39.9 Å². The molecule has 1 rings (SSSR count). The molecule has 0 spiro atoms. The number of sulfonamides is 1. The van der Waals surface area contributed by atoms with Crippen LogP contribution in [0.4, 0.5) is 5.69 Å². The van der Waals surface area contributed by atoms with E-state index in [2.05, 4.69) is 4.72 Å². The summed E-state index contributed by atoms with van der Waals surface area (Å²) in [6, 6.07) is 2.65. The smallest absolute Gasteiger partial charge is 0.304 e. The van der Waals surface area contributed by atoms with E-state index in [1.807, 2.05) is 0 Å². The number of anilines is 1. The molecule has 2 N–H and O–H groups in total. The lowest BCUT2D eigenvalue weighted by molar-refractivity contribution is -0.136. The minimum Gasteiger partial charge on any atom is -0.481 e. The number of aliphatic carboxylic acids is 1. The van der Waals surface area contributed by atoms with Gasteiger partial charge in [0.2, 0.25) is 10.0 Å². The third kappa shape index (κ3) is 4.53. The van der Waals surface area contributed by atoms with Gasteiger partial charge < -0.3 is 5.11 Å². The van der Waals surface area contributed by atoms with Crippen molar-refractivity contribution in [3.8, 4) is 0 Å². The number of nitrogens with one attached hydrogen (secondary N) is 1. The predicted molar refractivity (Wildman–Crippen MR) is 71.1 cm³/mol. The molecule has 0 radical (unpaired) electrons. The summed E-state index contributed by atoms with van der Waals surface area (Å²) in [7, 11) is -3.83. The van der Waals surface area contributed by atoms with Crippen molar-refractivity contribution >= 4 is 56.5 Å². The van der Waals surface area contributed by atoms with Gasteiger partial charge in [0.05, 0.1) is 27.9 Å². The molecule has 0 heterocycles. The van der Waals surface area contributed by atoms with E-state index in [0.717, 1.165) is 0 Å². The second-order valence-corrected chi connectivity index (χ2v) is 6.40. The van der Waals surface area contributed by atoms with E-state index < -0.39 is 28.2 Å².